The Labute approximate surface area is 150 Å². The highest BCUT2D eigenvalue weighted by Crippen LogP contribution is 2.33. The molecule has 2 aromatic carbocycles. The normalized spacial score (nSPS) is 11.5. The average Bonchev–Trinajstić information content (AvgIpc) is 3.02. The molecule has 0 amide bonds. The van der Waals surface area contributed by atoms with E-state index >= 15 is 0 Å². The molecule has 0 fully saturated rings. The van der Waals surface area contributed by atoms with Crippen LogP contribution in [-0.4, -0.2) is 9.38 Å². The number of hydrogen-bond acceptors (Lipinski definition) is 3. The van der Waals surface area contributed by atoms with Gasteiger partial charge in [-0.2, -0.15) is 0 Å². The number of rotatable bonds is 3. The molecule has 0 unspecified atom stereocenters. The third-order valence-electron chi connectivity index (χ3n) is 4.23. The van der Waals surface area contributed by atoms with Gasteiger partial charge in [0.15, 0.2) is 5.82 Å². The minimum atomic E-state index is -0.281. The minimum absolute atomic E-state index is 0.281. The van der Waals surface area contributed by atoms with Crippen molar-refractivity contribution in [3.8, 4) is 11.3 Å². The molecular formula is C21H17FN4. The Morgan fingerprint density at radius 3 is 2.35 bits per heavy atom. The van der Waals surface area contributed by atoms with Gasteiger partial charge in [-0.1, -0.05) is 23.8 Å². The second kappa shape index (κ2) is 6.52. The molecule has 128 valence electrons. The molecule has 0 saturated heterocycles. The Morgan fingerprint density at radius 1 is 0.885 bits per heavy atom. The third kappa shape index (κ3) is 2.99. The molecule has 0 atom stereocenters. The Morgan fingerprint density at radius 2 is 1.62 bits per heavy atom. The van der Waals surface area contributed by atoms with Crippen LogP contribution in [0.2, 0.25) is 0 Å². The van der Waals surface area contributed by atoms with Crippen LogP contribution in [0.15, 0.2) is 77.1 Å². The van der Waals surface area contributed by atoms with Crippen LogP contribution in [0.3, 0.4) is 0 Å². The van der Waals surface area contributed by atoms with Gasteiger partial charge in [-0.05, 0) is 61.9 Å². The molecule has 0 N–H and O–H groups in total. The van der Waals surface area contributed by atoms with Crippen molar-refractivity contribution >= 4 is 17.2 Å². The van der Waals surface area contributed by atoms with E-state index in [0.717, 1.165) is 22.5 Å². The summed E-state index contributed by atoms with van der Waals surface area (Å²) in [5, 5.41) is 8.83. The van der Waals surface area contributed by atoms with Crippen LogP contribution < -0.4 is 0 Å². The van der Waals surface area contributed by atoms with Crippen molar-refractivity contribution in [3.05, 3.63) is 83.8 Å². The molecule has 0 aliphatic rings. The predicted octanol–water partition coefficient (Wildman–Crippen LogP) is 6.17. The van der Waals surface area contributed by atoms with Crippen LogP contribution in [0, 0.1) is 19.7 Å². The molecule has 0 aliphatic heterocycles. The van der Waals surface area contributed by atoms with Crippen molar-refractivity contribution in [1.82, 2.24) is 9.38 Å². The van der Waals surface area contributed by atoms with E-state index in [1.165, 1.54) is 17.7 Å². The lowest BCUT2D eigenvalue weighted by Gasteiger charge is -2.00. The van der Waals surface area contributed by atoms with E-state index in [1.807, 2.05) is 60.8 Å². The summed E-state index contributed by atoms with van der Waals surface area (Å²) in [5.74, 6) is 0.340. The van der Waals surface area contributed by atoms with Gasteiger partial charge in [-0.25, -0.2) is 9.37 Å². The summed E-state index contributed by atoms with van der Waals surface area (Å²) >= 11 is 0. The van der Waals surface area contributed by atoms with Gasteiger partial charge in [0.2, 0.25) is 0 Å². The fourth-order valence-electron chi connectivity index (χ4n) is 2.80. The monoisotopic (exact) mass is 344 g/mol. The molecule has 0 saturated carbocycles. The highest BCUT2D eigenvalue weighted by atomic mass is 19.1. The number of halogens is 1. The second-order valence-electron chi connectivity index (χ2n) is 6.21. The summed E-state index contributed by atoms with van der Waals surface area (Å²) < 4.78 is 15.2. The second-order valence-corrected chi connectivity index (χ2v) is 6.21. The maximum atomic E-state index is 13.3. The van der Waals surface area contributed by atoms with Gasteiger partial charge in [0, 0.05) is 11.8 Å². The van der Waals surface area contributed by atoms with E-state index in [1.54, 1.807) is 12.1 Å². The van der Waals surface area contributed by atoms with Gasteiger partial charge >= 0.3 is 0 Å². The van der Waals surface area contributed by atoms with Crippen molar-refractivity contribution < 1.29 is 4.39 Å². The fraction of sp³-hybridized carbons (Fsp3) is 0.0952. The Hall–Kier alpha value is -3.34. The van der Waals surface area contributed by atoms with Crippen LogP contribution in [-0.2, 0) is 0 Å². The number of azo groups is 1. The summed E-state index contributed by atoms with van der Waals surface area (Å²) in [5.41, 5.74) is 5.25. The van der Waals surface area contributed by atoms with Crippen LogP contribution in [0.25, 0.3) is 16.9 Å². The number of benzene rings is 2. The molecule has 0 aliphatic carbocycles. The lowest BCUT2D eigenvalue weighted by Crippen LogP contribution is -1.85. The zero-order chi connectivity index (χ0) is 18.1. The molecule has 0 bridgehead atoms. The molecule has 4 nitrogen and oxygen atoms in total. The zero-order valence-electron chi connectivity index (χ0n) is 14.5. The fourth-order valence-corrected chi connectivity index (χ4v) is 2.80. The Kier molecular flexibility index (Phi) is 4.05. The van der Waals surface area contributed by atoms with E-state index in [4.69, 9.17) is 4.98 Å². The molecule has 4 aromatic rings. The molecule has 0 spiro atoms. The van der Waals surface area contributed by atoms with Gasteiger partial charge < -0.3 is 0 Å². The van der Waals surface area contributed by atoms with Gasteiger partial charge in [-0.15, -0.1) is 10.2 Å². The van der Waals surface area contributed by atoms with E-state index < -0.39 is 0 Å². The van der Waals surface area contributed by atoms with E-state index in [2.05, 4.69) is 10.2 Å². The topological polar surface area (TPSA) is 42.0 Å². The lowest BCUT2D eigenvalue weighted by molar-refractivity contribution is 0.628. The number of hydrogen-bond donors (Lipinski definition) is 0. The minimum Gasteiger partial charge on any atom is -0.282 e. The third-order valence-corrected chi connectivity index (χ3v) is 4.23. The first-order chi connectivity index (χ1) is 12.6. The van der Waals surface area contributed by atoms with Crippen LogP contribution in [0.4, 0.5) is 15.9 Å². The maximum absolute atomic E-state index is 13.3. The summed E-state index contributed by atoms with van der Waals surface area (Å²) in [6.45, 7) is 4.03. The Bertz CT molecular complexity index is 1090. The van der Waals surface area contributed by atoms with Gasteiger partial charge in [0.05, 0.1) is 5.69 Å². The first-order valence-corrected chi connectivity index (χ1v) is 8.34. The molecule has 2 aromatic heterocycles. The van der Waals surface area contributed by atoms with Crippen molar-refractivity contribution in [2.45, 2.75) is 13.8 Å². The van der Waals surface area contributed by atoms with Gasteiger partial charge in [-0.3, -0.25) is 4.40 Å². The van der Waals surface area contributed by atoms with Crippen molar-refractivity contribution in [1.29, 1.82) is 0 Å². The number of imidazole rings is 1. The number of aromatic nitrogens is 2. The molecule has 5 heteroatoms. The summed E-state index contributed by atoms with van der Waals surface area (Å²) in [6.07, 6.45) is 1.91. The number of pyridine rings is 1. The standard InChI is InChI=1S/C21H17FN4/c1-14-5-11-18(12-6-14)24-25-21-19(16-7-9-17(22)10-8-16)23-20-15(2)4-3-13-26(20)21/h3-13H,1-2H3. The Balaban J connectivity index is 1.88. The lowest BCUT2D eigenvalue weighted by atomic mass is 10.1. The molecule has 0 radical (unpaired) electrons. The molecule has 2 heterocycles. The van der Waals surface area contributed by atoms with Crippen LogP contribution >= 0.6 is 0 Å². The SMILES string of the molecule is Cc1ccc(N=Nc2c(-c3ccc(F)cc3)nc3c(C)cccn23)cc1. The number of aryl methyl sites for hydroxylation is 2. The zero-order valence-corrected chi connectivity index (χ0v) is 14.5. The average molecular weight is 344 g/mol. The van der Waals surface area contributed by atoms with E-state index in [0.29, 0.717) is 11.5 Å². The van der Waals surface area contributed by atoms with Gasteiger partial charge in [0.25, 0.3) is 0 Å². The predicted molar refractivity (Wildman–Crippen MR) is 101 cm³/mol. The quantitative estimate of drug-likeness (QED) is 0.410. The van der Waals surface area contributed by atoms with Crippen LogP contribution in [0.5, 0.6) is 0 Å². The first-order valence-electron chi connectivity index (χ1n) is 8.34. The van der Waals surface area contributed by atoms with Gasteiger partial charge in [0.1, 0.15) is 17.2 Å². The summed E-state index contributed by atoms with van der Waals surface area (Å²) in [4.78, 5) is 4.73. The van der Waals surface area contributed by atoms with Crippen molar-refractivity contribution in [3.63, 3.8) is 0 Å². The number of fused-ring (bicyclic) bond motifs is 1. The summed E-state index contributed by atoms with van der Waals surface area (Å²) in [7, 11) is 0. The molecular weight excluding hydrogens is 327 g/mol. The maximum Gasteiger partial charge on any atom is 0.187 e. The smallest absolute Gasteiger partial charge is 0.187 e. The number of nitrogens with zero attached hydrogens (tertiary/aromatic N) is 4. The van der Waals surface area contributed by atoms with Crippen molar-refractivity contribution in [2.75, 3.05) is 0 Å². The molecule has 26 heavy (non-hydrogen) atoms. The highest BCUT2D eigenvalue weighted by Gasteiger charge is 2.15. The van der Waals surface area contributed by atoms with E-state index in [-0.39, 0.29) is 5.82 Å². The molecule has 4 rings (SSSR count). The largest absolute Gasteiger partial charge is 0.282 e. The highest BCUT2D eigenvalue weighted by molar-refractivity contribution is 5.75. The van der Waals surface area contributed by atoms with E-state index in [9.17, 15) is 4.39 Å². The van der Waals surface area contributed by atoms with Crippen molar-refractivity contribution in [2.24, 2.45) is 10.2 Å². The van der Waals surface area contributed by atoms with Crippen LogP contribution in [0.1, 0.15) is 11.1 Å². The summed E-state index contributed by atoms with van der Waals surface area (Å²) in [6, 6.07) is 18.0. The first kappa shape index (κ1) is 16.1.